The average Bonchev–Trinajstić information content (AvgIpc) is 2.37. The van der Waals surface area contributed by atoms with E-state index in [9.17, 15) is 0 Å². The zero-order valence-electron chi connectivity index (χ0n) is 9.97. The highest BCUT2D eigenvalue weighted by Crippen LogP contribution is 2.24. The smallest absolute Gasteiger partial charge is 0.271 e. The van der Waals surface area contributed by atoms with E-state index in [2.05, 4.69) is 20.8 Å². The van der Waals surface area contributed by atoms with Crippen LogP contribution in [0.5, 0.6) is 0 Å². The van der Waals surface area contributed by atoms with E-state index in [4.69, 9.17) is 22.1 Å². The standard InChI is InChI=1S/C11H11BClN5/c1-8-5-12(7-15)2-3-18(8)10-4-9(6-14)16-11(13)17-10/h4,8H,2-3,5H2,1H3. The van der Waals surface area contributed by atoms with Gasteiger partial charge in [0.15, 0.2) is 0 Å². The van der Waals surface area contributed by atoms with Crippen molar-refractivity contribution < 1.29 is 0 Å². The molecule has 0 spiro atoms. The zero-order valence-corrected chi connectivity index (χ0v) is 10.7. The third-order valence-corrected chi connectivity index (χ3v) is 3.32. The minimum absolute atomic E-state index is 0.0821. The number of rotatable bonds is 1. The molecule has 1 saturated heterocycles. The summed E-state index contributed by atoms with van der Waals surface area (Å²) in [6, 6.07) is 3.81. The Bertz CT molecular complexity index is 535. The Labute approximate surface area is 111 Å². The molecule has 1 aromatic heterocycles. The van der Waals surface area contributed by atoms with Gasteiger partial charge in [0.1, 0.15) is 17.6 Å². The molecule has 5 nitrogen and oxygen atoms in total. The van der Waals surface area contributed by atoms with Crippen LogP contribution >= 0.6 is 11.6 Å². The third-order valence-electron chi connectivity index (χ3n) is 3.15. The fourth-order valence-electron chi connectivity index (χ4n) is 2.24. The van der Waals surface area contributed by atoms with Crippen LogP contribution in [0.2, 0.25) is 17.9 Å². The molecule has 0 N–H and O–H groups in total. The van der Waals surface area contributed by atoms with E-state index in [0.29, 0.717) is 5.82 Å². The molecule has 0 aliphatic carbocycles. The van der Waals surface area contributed by atoms with Gasteiger partial charge >= 0.3 is 0 Å². The summed E-state index contributed by atoms with van der Waals surface area (Å²) in [5.74, 6) is 2.96. The van der Waals surface area contributed by atoms with Gasteiger partial charge in [-0.15, -0.1) is 0 Å². The number of halogens is 1. The summed E-state index contributed by atoms with van der Waals surface area (Å²) in [6.45, 7) is 2.90. The number of aromatic nitrogens is 2. The Kier molecular flexibility index (Phi) is 3.69. The van der Waals surface area contributed by atoms with Crippen molar-refractivity contribution in [3.63, 3.8) is 0 Å². The van der Waals surface area contributed by atoms with Gasteiger partial charge in [-0.25, -0.2) is 15.2 Å². The SMILES string of the molecule is CC1CB(C#N)CCN1c1cc(C#N)nc(Cl)n1. The molecule has 1 unspecified atom stereocenters. The molecule has 7 heteroatoms. The summed E-state index contributed by atoms with van der Waals surface area (Å²) in [5.41, 5.74) is 0.264. The molecule has 0 radical (unpaired) electrons. The van der Waals surface area contributed by atoms with E-state index >= 15 is 0 Å². The maximum absolute atomic E-state index is 8.93. The molecule has 0 amide bonds. The number of anilines is 1. The molecule has 2 rings (SSSR count). The van der Waals surface area contributed by atoms with Gasteiger partial charge in [0.25, 0.3) is 6.71 Å². The summed E-state index contributed by atoms with van der Waals surface area (Å²) >= 11 is 5.80. The predicted molar refractivity (Wildman–Crippen MR) is 69.5 cm³/mol. The van der Waals surface area contributed by atoms with E-state index in [-0.39, 0.29) is 23.7 Å². The van der Waals surface area contributed by atoms with E-state index < -0.39 is 0 Å². The molecule has 0 saturated carbocycles. The number of hydrogen-bond acceptors (Lipinski definition) is 5. The van der Waals surface area contributed by atoms with Crippen LogP contribution in [0.1, 0.15) is 12.6 Å². The number of hydrogen-bond donors (Lipinski definition) is 0. The molecule has 1 aliphatic heterocycles. The molecule has 0 bridgehead atoms. The Morgan fingerprint density at radius 1 is 1.50 bits per heavy atom. The van der Waals surface area contributed by atoms with Gasteiger partial charge in [-0.3, -0.25) is 0 Å². The topological polar surface area (TPSA) is 76.6 Å². The van der Waals surface area contributed by atoms with Crippen molar-refractivity contribution in [2.24, 2.45) is 0 Å². The molecule has 18 heavy (non-hydrogen) atoms. The van der Waals surface area contributed by atoms with Gasteiger partial charge in [0.2, 0.25) is 5.28 Å². The minimum atomic E-state index is 0.0821. The summed E-state index contributed by atoms with van der Waals surface area (Å²) < 4.78 is 0. The first kappa shape index (κ1) is 12.7. The van der Waals surface area contributed by atoms with E-state index in [1.165, 1.54) is 0 Å². The summed E-state index contributed by atoms with van der Waals surface area (Å²) in [6.07, 6.45) is 1.62. The van der Waals surface area contributed by atoms with Crippen LogP contribution < -0.4 is 4.90 Å². The van der Waals surface area contributed by atoms with Crippen LogP contribution in [0.15, 0.2) is 6.07 Å². The highest BCUT2D eigenvalue weighted by Gasteiger charge is 2.29. The number of nitriles is 2. The summed E-state index contributed by atoms with van der Waals surface area (Å²) in [7, 11) is 0. The number of nitrogens with zero attached hydrogens (tertiary/aromatic N) is 5. The van der Waals surface area contributed by atoms with Crippen LogP contribution in [0.3, 0.4) is 0 Å². The van der Waals surface area contributed by atoms with E-state index in [1.54, 1.807) is 6.07 Å². The van der Waals surface area contributed by atoms with Crippen molar-refractivity contribution in [2.75, 3.05) is 11.4 Å². The second kappa shape index (κ2) is 5.24. The molecule has 2 heterocycles. The minimum Gasteiger partial charge on any atom is -0.355 e. The lowest BCUT2D eigenvalue weighted by atomic mass is 9.44. The summed E-state index contributed by atoms with van der Waals surface area (Å²) in [4.78, 5) is 10.0. The van der Waals surface area contributed by atoms with Crippen molar-refractivity contribution in [3.05, 3.63) is 17.0 Å². The van der Waals surface area contributed by atoms with Gasteiger partial charge in [-0.05, 0) is 31.2 Å². The average molecular weight is 260 g/mol. The fraction of sp³-hybridized carbons (Fsp3) is 0.455. The molecule has 1 aliphatic rings. The second-order valence-corrected chi connectivity index (χ2v) is 4.72. The normalized spacial score (nSPS) is 19.2. The molecular weight excluding hydrogens is 248 g/mol. The van der Waals surface area contributed by atoms with E-state index in [1.807, 2.05) is 13.0 Å². The van der Waals surface area contributed by atoms with Gasteiger partial charge in [0, 0.05) is 24.6 Å². The Hall–Kier alpha value is -1.79. The first-order chi connectivity index (χ1) is 8.63. The predicted octanol–water partition coefficient (Wildman–Crippen LogP) is 1.77. The van der Waals surface area contributed by atoms with Crippen LogP contribution in [0, 0.1) is 22.6 Å². The van der Waals surface area contributed by atoms with Gasteiger partial charge in [0.05, 0.1) is 0 Å². The molecule has 1 aromatic rings. The zero-order chi connectivity index (χ0) is 13.1. The monoisotopic (exact) mass is 259 g/mol. The van der Waals surface area contributed by atoms with Gasteiger partial charge in [-0.1, -0.05) is 0 Å². The summed E-state index contributed by atoms with van der Waals surface area (Å²) in [5, 5.41) is 17.9. The van der Waals surface area contributed by atoms with Crippen molar-refractivity contribution in [1.29, 1.82) is 10.5 Å². The van der Waals surface area contributed by atoms with Crippen molar-refractivity contribution in [3.8, 4) is 12.0 Å². The van der Waals surface area contributed by atoms with Crippen molar-refractivity contribution in [1.82, 2.24) is 9.97 Å². The van der Waals surface area contributed by atoms with Gasteiger partial charge < -0.3 is 4.90 Å². The van der Waals surface area contributed by atoms with E-state index in [0.717, 1.165) is 19.2 Å². The maximum Gasteiger partial charge on any atom is 0.271 e. The third kappa shape index (κ3) is 2.55. The quantitative estimate of drug-likeness (QED) is 0.567. The van der Waals surface area contributed by atoms with Crippen LogP contribution in [0.25, 0.3) is 0 Å². The highest BCUT2D eigenvalue weighted by molar-refractivity contribution is 6.67. The highest BCUT2D eigenvalue weighted by atomic mass is 35.5. The molecular formula is C11H11BClN5. The van der Waals surface area contributed by atoms with Gasteiger partial charge in [-0.2, -0.15) is 5.26 Å². The van der Waals surface area contributed by atoms with Crippen LogP contribution in [-0.2, 0) is 0 Å². The lowest BCUT2D eigenvalue weighted by Crippen LogP contribution is -2.43. The Morgan fingerprint density at radius 2 is 2.28 bits per heavy atom. The molecule has 0 aromatic carbocycles. The lowest BCUT2D eigenvalue weighted by molar-refractivity contribution is 0.661. The van der Waals surface area contributed by atoms with Crippen molar-refractivity contribution in [2.45, 2.75) is 25.6 Å². The fourth-order valence-corrected chi connectivity index (χ4v) is 2.42. The Morgan fingerprint density at radius 3 is 2.89 bits per heavy atom. The Balaban J connectivity index is 2.25. The second-order valence-electron chi connectivity index (χ2n) is 4.39. The molecule has 1 atom stereocenters. The molecule has 90 valence electrons. The maximum atomic E-state index is 8.93. The lowest BCUT2D eigenvalue weighted by Gasteiger charge is -2.35. The molecule has 1 fully saturated rings. The first-order valence-electron chi connectivity index (χ1n) is 5.75. The van der Waals surface area contributed by atoms with Crippen LogP contribution in [0.4, 0.5) is 5.82 Å². The first-order valence-corrected chi connectivity index (χ1v) is 6.12. The van der Waals surface area contributed by atoms with Crippen LogP contribution in [-0.4, -0.2) is 29.3 Å². The van der Waals surface area contributed by atoms with Crippen molar-refractivity contribution >= 4 is 24.1 Å². The largest absolute Gasteiger partial charge is 0.355 e.